The van der Waals surface area contributed by atoms with Crippen LogP contribution in [0.5, 0.6) is 0 Å². The van der Waals surface area contributed by atoms with Crippen molar-refractivity contribution in [3.05, 3.63) is 18.2 Å². The maximum Gasteiger partial charge on any atom is 0.213 e. The highest BCUT2D eigenvalue weighted by Gasteiger charge is 2.02. The summed E-state index contributed by atoms with van der Waals surface area (Å²) in [5.74, 6) is 0. The first-order valence-corrected chi connectivity index (χ1v) is 4.51. The molecule has 1 aromatic carbocycles. The summed E-state index contributed by atoms with van der Waals surface area (Å²) in [7, 11) is 1.66. The van der Waals surface area contributed by atoms with Crippen molar-refractivity contribution in [1.82, 2.24) is 0 Å². The first-order valence-electron chi connectivity index (χ1n) is 3.63. The van der Waals surface area contributed by atoms with Crippen LogP contribution in [0.2, 0.25) is 0 Å². The lowest BCUT2D eigenvalue weighted by molar-refractivity contribution is -0.107. The van der Waals surface area contributed by atoms with Crippen LogP contribution in [-0.2, 0) is 4.79 Å². The number of amides is 1. The Labute approximate surface area is 81.0 Å². The normalized spacial score (nSPS) is 9.69. The summed E-state index contributed by atoms with van der Waals surface area (Å²) in [5, 5.41) is 5.36. The molecule has 0 unspecified atom stereocenters. The fourth-order valence-electron chi connectivity index (χ4n) is 0.923. The molecule has 0 saturated heterocycles. The van der Waals surface area contributed by atoms with Crippen molar-refractivity contribution in [2.45, 2.75) is 4.90 Å². The molecule has 4 N–H and O–H groups in total. The monoisotopic (exact) mass is 197 g/mol. The van der Waals surface area contributed by atoms with Crippen molar-refractivity contribution in [1.29, 1.82) is 0 Å². The quantitative estimate of drug-likeness (QED) is 0.427. The average Bonchev–Trinajstić information content (AvgIpc) is 2.16. The van der Waals surface area contributed by atoms with Gasteiger partial charge >= 0.3 is 0 Å². The Morgan fingerprint density at radius 1 is 1.54 bits per heavy atom. The summed E-state index contributed by atoms with van der Waals surface area (Å²) in [6, 6.07) is 5.29. The first-order chi connectivity index (χ1) is 6.19. The molecule has 0 fully saturated rings. The van der Waals surface area contributed by atoms with Gasteiger partial charge in [-0.3, -0.25) is 9.93 Å². The number of anilines is 2. The fraction of sp³-hybridized carbons (Fsp3) is 0.125. The van der Waals surface area contributed by atoms with E-state index in [-0.39, 0.29) is 0 Å². The van der Waals surface area contributed by atoms with Gasteiger partial charge in [0.2, 0.25) is 6.41 Å². The van der Waals surface area contributed by atoms with E-state index in [0.717, 1.165) is 28.9 Å². The average molecular weight is 197 g/mol. The van der Waals surface area contributed by atoms with Crippen LogP contribution in [0, 0.1) is 0 Å². The second-order valence-corrected chi connectivity index (χ2v) is 3.23. The van der Waals surface area contributed by atoms with Crippen LogP contribution in [0.25, 0.3) is 0 Å². The summed E-state index contributed by atoms with van der Waals surface area (Å²) in [6.07, 6.45) is 0.726. The molecule has 1 rings (SSSR count). The van der Waals surface area contributed by atoms with E-state index in [1.54, 1.807) is 25.2 Å². The second kappa shape index (κ2) is 4.15. The van der Waals surface area contributed by atoms with E-state index in [4.69, 9.17) is 10.9 Å². The van der Waals surface area contributed by atoms with Gasteiger partial charge in [-0.15, -0.1) is 0 Å². The molecule has 5 heteroatoms. The maximum absolute atomic E-state index is 10.4. The molecule has 13 heavy (non-hydrogen) atoms. The van der Waals surface area contributed by atoms with Crippen LogP contribution in [0.1, 0.15) is 0 Å². The van der Waals surface area contributed by atoms with Crippen molar-refractivity contribution >= 4 is 29.7 Å². The van der Waals surface area contributed by atoms with Crippen molar-refractivity contribution in [2.75, 3.05) is 17.7 Å². The highest BCUT2D eigenvalue weighted by Crippen LogP contribution is 2.25. The minimum absolute atomic E-state index is 0.582. The number of rotatable bonds is 3. The largest absolute Gasteiger partial charge is 0.398 e. The smallest absolute Gasteiger partial charge is 0.213 e. The third kappa shape index (κ3) is 2.13. The van der Waals surface area contributed by atoms with E-state index in [1.165, 1.54) is 4.90 Å². The fourth-order valence-corrected chi connectivity index (χ4v) is 1.27. The molecule has 0 atom stereocenters. The van der Waals surface area contributed by atoms with Gasteiger partial charge in [0.15, 0.2) is 0 Å². The Balaban J connectivity index is 3.02. The number of nitrogen functional groups attached to an aromatic ring is 1. The predicted molar refractivity (Wildman–Crippen MR) is 55.4 cm³/mol. The lowest BCUT2D eigenvalue weighted by Gasteiger charge is -2.12. The number of nitrogens with two attached hydrogens (primary N) is 2. The maximum atomic E-state index is 10.4. The Bertz CT molecular complexity index is 316. The SMILES string of the molecule is CN(C=O)c1ccc(SN)c(N)c1. The van der Waals surface area contributed by atoms with Crippen molar-refractivity contribution in [3.8, 4) is 0 Å². The number of carbonyl (C=O) groups excluding carboxylic acids is 1. The van der Waals surface area contributed by atoms with Crippen molar-refractivity contribution in [2.24, 2.45) is 5.14 Å². The highest BCUT2D eigenvalue weighted by atomic mass is 32.2. The van der Waals surface area contributed by atoms with E-state index in [1.807, 2.05) is 0 Å². The molecule has 0 aliphatic rings. The van der Waals surface area contributed by atoms with Gasteiger partial charge in [0.25, 0.3) is 0 Å². The Hall–Kier alpha value is -1.20. The number of carbonyl (C=O) groups is 1. The zero-order valence-corrected chi connectivity index (χ0v) is 8.04. The molecule has 1 amide bonds. The third-order valence-corrected chi connectivity index (χ3v) is 2.31. The molecule has 0 aliphatic carbocycles. The van der Waals surface area contributed by atoms with E-state index < -0.39 is 0 Å². The molecule has 0 heterocycles. The van der Waals surface area contributed by atoms with Crippen LogP contribution in [0.3, 0.4) is 0 Å². The van der Waals surface area contributed by atoms with E-state index in [9.17, 15) is 4.79 Å². The number of benzene rings is 1. The molecule has 0 radical (unpaired) electrons. The van der Waals surface area contributed by atoms with Gasteiger partial charge in [-0.05, 0) is 30.1 Å². The molecular formula is C8H11N3OS. The summed E-state index contributed by atoms with van der Waals surface area (Å²) in [5.41, 5.74) is 7.02. The van der Waals surface area contributed by atoms with Crippen molar-refractivity contribution in [3.63, 3.8) is 0 Å². The highest BCUT2D eigenvalue weighted by molar-refractivity contribution is 7.97. The standard InChI is InChI=1S/C8H11N3OS/c1-11(5-12)6-2-3-8(13-10)7(9)4-6/h2-5H,9-10H2,1H3. The van der Waals surface area contributed by atoms with Crippen LogP contribution in [-0.4, -0.2) is 13.5 Å². The van der Waals surface area contributed by atoms with Gasteiger partial charge in [-0.1, -0.05) is 0 Å². The van der Waals surface area contributed by atoms with Gasteiger partial charge in [0.05, 0.1) is 0 Å². The summed E-state index contributed by atoms with van der Waals surface area (Å²) in [6.45, 7) is 0. The second-order valence-electron chi connectivity index (χ2n) is 2.56. The van der Waals surface area contributed by atoms with Crippen LogP contribution in [0.4, 0.5) is 11.4 Å². The summed E-state index contributed by atoms with van der Waals surface area (Å²) >= 11 is 1.09. The van der Waals surface area contributed by atoms with E-state index in [0.29, 0.717) is 5.69 Å². The lowest BCUT2D eigenvalue weighted by Crippen LogP contribution is -2.13. The number of hydrogen-bond donors (Lipinski definition) is 2. The molecule has 0 saturated carbocycles. The molecule has 0 bridgehead atoms. The molecule has 1 aromatic rings. The Kier molecular flexibility index (Phi) is 3.16. The minimum atomic E-state index is 0.582. The van der Waals surface area contributed by atoms with E-state index in [2.05, 4.69) is 0 Å². The third-order valence-electron chi connectivity index (χ3n) is 1.69. The Morgan fingerprint density at radius 3 is 2.69 bits per heavy atom. The van der Waals surface area contributed by atoms with Crippen molar-refractivity contribution < 1.29 is 4.79 Å². The molecule has 4 nitrogen and oxygen atoms in total. The molecule has 0 spiro atoms. The number of hydrogen-bond acceptors (Lipinski definition) is 4. The molecular weight excluding hydrogens is 186 g/mol. The molecule has 0 aliphatic heterocycles. The zero-order valence-electron chi connectivity index (χ0n) is 7.23. The minimum Gasteiger partial charge on any atom is -0.398 e. The van der Waals surface area contributed by atoms with Gasteiger partial charge in [0.1, 0.15) is 0 Å². The number of nitrogens with zero attached hydrogens (tertiary/aromatic N) is 1. The van der Waals surface area contributed by atoms with E-state index >= 15 is 0 Å². The summed E-state index contributed by atoms with van der Waals surface area (Å²) in [4.78, 5) is 12.7. The van der Waals surface area contributed by atoms with Crippen LogP contribution < -0.4 is 15.8 Å². The summed E-state index contributed by atoms with van der Waals surface area (Å²) < 4.78 is 0. The topological polar surface area (TPSA) is 72.3 Å². The van der Waals surface area contributed by atoms with Crippen LogP contribution >= 0.6 is 11.9 Å². The predicted octanol–water partition coefficient (Wildman–Crippen LogP) is 0.827. The first kappa shape index (κ1) is 9.88. The van der Waals surface area contributed by atoms with Gasteiger partial charge in [-0.25, -0.2) is 0 Å². The molecule has 0 aromatic heterocycles. The van der Waals surface area contributed by atoms with Gasteiger partial charge in [-0.2, -0.15) is 0 Å². The zero-order chi connectivity index (χ0) is 9.84. The molecule has 70 valence electrons. The lowest BCUT2D eigenvalue weighted by atomic mass is 10.2. The van der Waals surface area contributed by atoms with Crippen LogP contribution in [0.15, 0.2) is 23.1 Å². The Morgan fingerprint density at radius 2 is 2.23 bits per heavy atom. The van der Waals surface area contributed by atoms with Gasteiger partial charge < -0.3 is 10.6 Å². The van der Waals surface area contributed by atoms with Gasteiger partial charge in [0, 0.05) is 23.3 Å².